The van der Waals surface area contributed by atoms with Crippen LogP contribution in [0.25, 0.3) is 0 Å². The van der Waals surface area contributed by atoms with E-state index in [0.717, 1.165) is 11.3 Å². The van der Waals surface area contributed by atoms with Crippen LogP contribution in [-0.4, -0.2) is 38.1 Å². The molecule has 0 radical (unpaired) electrons. The highest BCUT2D eigenvalue weighted by molar-refractivity contribution is 6.31. The van der Waals surface area contributed by atoms with Crippen LogP contribution in [0.4, 0.5) is 0 Å². The van der Waals surface area contributed by atoms with Crippen LogP contribution in [-0.2, 0) is 19.1 Å². The van der Waals surface area contributed by atoms with Crippen LogP contribution in [0.1, 0.15) is 45.1 Å². The minimum Gasteiger partial charge on any atom is -0.463 e. The first-order chi connectivity index (χ1) is 14.3. The Morgan fingerprint density at radius 1 is 1.30 bits per heavy atom. The first-order valence-corrected chi connectivity index (χ1v) is 10.7. The average Bonchev–Trinajstić information content (AvgIpc) is 2.66. The van der Waals surface area contributed by atoms with Crippen molar-refractivity contribution in [3.63, 3.8) is 0 Å². The highest BCUT2D eigenvalue weighted by Gasteiger charge is 2.44. The number of dihydropyridines is 1. The molecule has 0 bridgehead atoms. The summed E-state index contributed by atoms with van der Waals surface area (Å²) in [6.45, 7) is 7.43. The van der Waals surface area contributed by atoms with Crippen molar-refractivity contribution in [1.29, 1.82) is 0 Å². The number of halogens is 1. The molecule has 1 heterocycles. The van der Waals surface area contributed by atoms with Gasteiger partial charge in [-0.15, -0.1) is 0 Å². The molecule has 30 heavy (non-hydrogen) atoms. The van der Waals surface area contributed by atoms with Crippen molar-refractivity contribution < 1.29 is 24.8 Å². The number of Topliss-reactive ketones (excluding diaryl/α,β-unsaturated/α-hetero) is 1. The van der Waals surface area contributed by atoms with Gasteiger partial charge >= 0.3 is 5.97 Å². The maximum Gasteiger partial charge on any atom is 0.336 e. The van der Waals surface area contributed by atoms with Crippen molar-refractivity contribution >= 4 is 23.4 Å². The Morgan fingerprint density at radius 3 is 2.70 bits per heavy atom. The summed E-state index contributed by atoms with van der Waals surface area (Å²) in [5, 5.41) is 3.87. The molecule has 1 atom stereocenters. The lowest BCUT2D eigenvalue weighted by molar-refractivity contribution is -0.373. The molecule has 0 fully saturated rings. The fourth-order valence-electron chi connectivity index (χ4n) is 4.21. The van der Waals surface area contributed by atoms with Gasteiger partial charge in [0.1, 0.15) is 0 Å². The number of esters is 1. The molecule has 1 aromatic rings. The van der Waals surface area contributed by atoms with Crippen LogP contribution in [0.3, 0.4) is 0 Å². The second kappa shape index (κ2) is 9.33. The third-order valence-electron chi connectivity index (χ3n) is 5.37. The maximum absolute atomic E-state index is 13.3. The number of hydrogen-bond acceptors (Lipinski definition) is 5. The molecule has 0 amide bonds. The third-order valence-corrected chi connectivity index (χ3v) is 5.72. The predicted octanol–water partition coefficient (Wildman–Crippen LogP) is 2.75. The molecule has 4 N–H and O–H groups in total. The quantitative estimate of drug-likeness (QED) is 0.509. The monoisotopic (exact) mass is 433 g/mol. The maximum atomic E-state index is 13.3. The molecule has 0 aromatic heterocycles. The molecule has 6 nitrogen and oxygen atoms in total. The fourth-order valence-corrected chi connectivity index (χ4v) is 4.45. The topological polar surface area (TPSA) is 92.3 Å². The van der Waals surface area contributed by atoms with E-state index >= 15 is 0 Å². The lowest BCUT2D eigenvalue weighted by Crippen LogP contribution is -2.52. The first-order valence-electron chi connectivity index (χ1n) is 10.3. The van der Waals surface area contributed by atoms with Gasteiger partial charge in [0.2, 0.25) is 0 Å². The van der Waals surface area contributed by atoms with Crippen LogP contribution in [0.5, 0.6) is 0 Å². The molecular formula is C23H30ClN2O4+. The highest BCUT2D eigenvalue weighted by atomic mass is 35.5. The van der Waals surface area contributed by atoms with Gasteiger partial charge in [-0.25, -0.2) is 4.79 Å². The van der Waals surface area contributed by atoms with Crippen molar-refractivity contribution in [3.8, 4) is 0 Å². The summed E-state index contributed by atoms with van der Waals surface area (Å²) in [5.41, 5.74) is 6.80. The zero-order chi connectivity index (χ0) is 21.9. The Bertz CT molecular complexity index is 904. The van der Waals surface area contributed by atoms with E-state index in [1.807, 2.05) is 18.2 Å². The van der Waals surface area contributed by atoms with E-state index in [0.29, 0.717) is 47.9 Å². The third kappa shape index (κ3) is 4.61. The Balaban J connectivity index is 2.19. The molecule has 7 heteroatoms. The van der Waals surface area contributed by atoms with E-state index in [1.165, 1.54) is 0 Å². The summed E-state index contributed by atoms with van der Waals surface area (Å²) in [5.74, 6) is -1.03. The van der Waals surface area contributed by atoms with Crippen LogP contribution >= 0.6 is 11.6 Å². The van der Waals surface area contributed by atoms with E-state index in [9.17, 15) is 9.59 Å². The van der Waals surface area contributed by atoms with Crippen LogP contribution in [0.15, 0.2) is 46.8 Å². The Morgan fingerprint density at radius 2 is 2.03 bits per heavy atom. The van der Waals surface area contributed by atoms with E-state index in [1.54, 1.807) is 13.0 Å². The van der Waals surface area contributed by atoms with Gasteiger partial charge < -0.3 is 20.5 Å². The SMILES string of the molecule is CCOC(=O)C1=C(COCC[NH3+])NC2=C(C(=O)CC(C)(C)C2)[C@@H]1c1ccccc1Cl. The van der Waals surface area contributed by atoms with Gasteiger partial charge in [0, 0.05) is 28.6 Å². The molecule has 1 aliphatic carbocycles. The van der Waals surface area contributed by atoms with Crippen LogP contribution in [0, 0.1) is 5.41 Å². The van der Waals surface area contributed by atoms with Crippen molar-refractivity contribution in [3.05, 3.63) is 57.4 Å². The molecule has 0 unspecified atom stereocenters. The number of ketones is 1. The number of allylic oxidation sites excluding steroid dienone is 2. The van der Waals surface area contributed by atoms with Crippen molar-refractivity contribution in [2.75, 3.05) is 26.4 Å². The van der Waals surface area contributed by atoms with Gasteiger partial charge in [-0.3, -0.25) is 4.79 Å². The summed E-state index contributed by atoms with van der Waals surface area (Å²) >= 11 is 6.55. The first kappa shape index (κ1) is 22.5. The second-order valence-corrected chi connectivity index (χ2v) is 8.84. The second-order valence-electron chi connectivity index (χ2n) is 8.43. The molecule has 1 aliphatic heterocycles. The number of quaternary nitrogens is 1. The minimum atomic E-state index is -0.587. The fraction of sp³-hybridized carbons (Fsp3) is 0.478. The number of hydrogen-bond donors (Lipinski definition) is 2. The standard InChI is InChI=1S/C23H29ClN2O4/c1-4-30-22(28)21-17(13-29-10-9-25)26-16-11-23(2,3)12-18(27)20(16)19(21)14-7-5-6-8-15(14)24/h5-8,19,26H,4,9-13,25H2,1-3H3/p+1/t19-/m0/s1. The van der Waals surface area contributed by atoms with Gasteiger partial charge in [-0.05, 0) is 30.4 Å². The highest BCUT2D eigenvalue weighted by Crippen LogP contribution is 2.48. The van der Waals surface area contributed by atoms with Gasteiger partial charge in [-0.2, -0.15) is 0 Å². The number of carbonyl (C=O) groups is 2. The summed E-state index contributed by atoms with van der Waals surface area (Å²) < 4.78 is 11.1. The smallest absolute Gasteiger partial charge is 0.336 e. The van der Waals surface area contributed by atoms with Gasteiger partial charge in [0.25, 0.3) is 0 Å². The summed E-state index contributed by atoms with van der Waals surface area (Å²) in [7, 11) is 0. The van der Waals surface area contributed by atoms with Crippen molar-refractivity contribution in [1.82, 2.24) is 5.32 Å². The Hall–Kier alpha value is -2.15. The van der Waals surface area contributed by atoms with Gasteiger partial charge in [-0.1, -0.05) is 43.6 Å². The van der Waals surface area contributed by atoms with Crippen molar-refractivity contribution in [2.45, 2.75) is 39.5 Å². The molecule has 1 aromatic carbocycles. The number of carbonyl (C=O) groups excluding carboxylic acids is 2. The summed E-state index contributed by atoms with van der Waals surface area (Å²) in [6.07, 6.45) is 1.11. The zero-order valence-corrected chi connectivity index (χ0v) is 18.6. The lowest BCUT2D eigenvalue weighted by Gasteiger charge is -2.40. The molecule has 0 saturated heterocycles. The Kier molecular flexibility index (Phi) is 7.01. The van der Waals surface area contributed by atoms with E-state index in [-0.39, 0.29) is 24.4 Å². The summed E-state index contributed by atoms with van der Waals surface area (Å²) in [6, 6.07) is 7.34. The normalized spacial score (nSPS) is 20.7. The van der Waals surface area contributed by atoms with Crippen LogP contribution in [0.2, 0.25) is 5.02 Å². The molecule has 0 spiro atoms. The predicted molar refractivity (Wildman–Crippen MR) is 115 cm³/mol. The molecule has 3 rings (SSSR count). The number of nitrogens with one attached hydrogen (secondary N) is 1. The molecule has 162 valence electrons. The largest absolute Gasteiger partial charge is 0.463 e. The van der Waals surface area contributed by atoms with Gasteiger partial charge in [0.15, 0.2) is 5.78 Å². The molecule has 0 saturated carbocycles. The minimum absolute atomic E-state index is 0.0261. The Labute approximate surface area is 182 Å². The molecular weight excluding hydrogens is 404 g/mol. The van der Waals surface area contributed by atoms with Gasteiger partial charge in [0.05, 0.1) is 37.6 Å². The van der Waals surface area contributed by atoms with Crippen LogP contribution < -0.4 is 11.1 Å². The lowest BCUT2D eigenvalue weighted by atomic mass is 9.68. The van der Waals surface area contributed by atoms with E-state index in [4.69, 9.17) is 21.1 Å². The van der Waals surface area contributed by atoms with E-state index in [2.05, 4.69) is 24.9 Å². The number of ether oxygens (including phenoxy) is 2. The average molecular weight is 434 g/mol. The summed E-state index contributed by atoms with van der Waals surface area (Å²) in [4.78, 5) is 26.4. The number of benzene rings is 1. The van der Waals surface area contributed by atoms with E-state index < -0.39 is 11.9 Å². The molecule has 2 aliphatic rings. The zero-order valence-electron chi connectivity index (χ0n) is 17.8. The van der Waals surface area contributed by atoms with Crippen molar-refractivity contribution in [2.24, 2.45) is 5.41 Å². The number of rotatable bonds is 7.